The SMILES string of the molecule is CNCc1csc(S(=O)(=O)Nc2cc(C)ccc2OC)c1. The summed E-state index contributed by atoms with van der Waals surface area (Å²) in [4.78, 5) is 0. The molecular formula is C14H18N2O3S2. The lowest BCUT2D eigenvalue weighted by molar-refractivity contribution is 0.417. The highest BCUT2D eigenvalue weighted by Crippen LogP contribution is 2.29. The minimum absolute atomic E-state index is 0.288. The fourth-order valence-corrected chi connectivity index (χ4v) is 4.16. The van der Waals surface area contributed by atoms with Gasteiger partial charge >= 0.3 is 0 Å². The Morgan fingerprint density at radius 1 is 1.29 bits per heavy atom. The molecule has 0 saturated carbocycles. The molecule has 0 atom stereocenters. The molecule has 0 radical (unpaired) electrons. The minimum Gasteiger partial charge on any atom is -0.495 e. The summed E-state index contributed by atoms with van der Waals surface area (Å²) in [6.07, 6.45) is 0. The average Bonchev–Trinajstić information content (AvgIpc) is 2.88. The molecule has 21 heavy (non-hydrogen) atoms. The quantitative estimate of drug-likeness (QED) is 0.856. The molecule has 0 spiro atoms. The van der Waals surface area contributed by atoms with Gasteiger partial charge in [0.2, 0.25) is 0 Å². The Morgan fingerprint density at radius 2 is 2.05 bits per heavy atom. The first-order valence-electron chi connectivity index (χ1n) is 6.35. The Morgan fingerprint density at radius 3 is 2.71 bits per heavy atom. The highest BCUT2D eigenvalue weighted by molar-refractivity contribution is 7.94. The van der Waals surface area contributed by atoms with Crippen LogP contribution < -0.4 is 14.8 Å². The summed E-state index contributed by atoms with van der Waals surface area (Å²) in [6, 6.07) is 7.03. The van der Waals surface area contributed by atoms with Crippen molar-refractivity contribution in [3.8, 4) is 5.75 Å². The number of anilines is 1. The predicted octanol–water partition coefficient (Wildman–Crippen LogP) is 2.59. The van der Waals surface area contributed by atoms with Gasteiger partial charge in [0.25, 0.3) is 10.0 Å². The standard InChI is InChI=1S/C14H18N2O3S2/c1-10-4-5-13(19-3)12(6-10)16-21(17,18)14-7-11(8-15-2)9-20-14/h4-7,9,15-16H,8H2,1-3H3. The van der Waals surface area contributed by atoms with Crippen LogP contribution in [0.15, 0.2) is 33.9 Å². The zero-order chi connectivity index (χ0) is 15.5. The van der Waals surface area contributed by atoms with Crippen molar-refractivity contribution in [1.82, 2.24) is 5.32 Å². The van der Waals surface area contributed by atoms with E-state index in [-0.39, 0.29) is 4.21 Å². The van der Waals surface area contributed by atoms with Crippen LogP contribution in [0.4, 0.5) is 5.69 Å². The maximum absolute atomic E-state index is 12.4. The number of benzene rings is 1. The van der Waals surface area contributed by atoms with Crippen LogP contribution in [0.3, 0.4) is 0 Å². The van der Waals surface area contributed by atoms with Crippen LogP contribution in [0, 0.1) is 6.92 Å². The number of rotatable bonds is 6. The van der Waals surface area contributed by atoms with Crippen molar-refractivity contribution < 1.29 is 13.2 Å². The summed E-state index contributed by atoms with van der Waals surface area (Å²) >= 11 is 1.20. The highest BCUT2D eigenvalue weighted by atomic mass is 32.2. The van der Waals surface area contributed by atoms with Gasteiger partial charge in [0, 0.05) is 6.54 Å². The Bertz CT molecular complexity index is 724. The molecule has 7 heteroatoms. The average molecular weight is 326 g/mol. The molecule has 1 aromatic carbocycles. The number of aryl methyl sites for hydroxylation is 1. The van der Waals surface area contributed by atoms with Gasteiger partial charge in [0.05, 0.1) is 12.8 Å². The van der Waals surface area contributed by atoms with Crippen molar-refractivity contribution in [2.24, 2.45) is 0 Å². The number of ether oxygens (including phenoxy) is 1. The van der Waals surface area contributed by atoms with E-state index in [1.165, 1.54) is 18.4 Å². The molecule has 0 bridgehead atoms. The van der Waals surface area contributed by atoms with Gasteiger partial charge in [-0.05, 0) is 48.7 Å². The molecule has 2 N–H and O–H groups in total. The summed E-state index contributed by atoms with van der Waals surface area (Å²) in [7, 11) is -0.266. The molecular weight excluding hydrogens is 308 g/mol. The lowest BCUT2D eigenvalue weighted by atomic mass is 10.2. The van der Waals surface area contributed by atoms with Gasteiger partial charge in [-0.25, -0.2) is 8.42 Å². The second-order valence-electron chi connectivity index (χ2n) is 4.61. The third-order valence-electron chi connectivity index (χ3n) is 2.87. The molecule has 2 rings (SSSR count). The van der Waals surface area contributed by atoms with E-state index < -0.39 is 10.0 Å². The van der Waals surface area contributed by atoms with Crippen LogP contribution in [-0.2, 0) is 16.6 Å². The van der Waals surface area contributed by atoms with E-state index in [0.717, 1.165) is 11.1 Å². The molecule has 0 aliphatic carbocycles. The molecule has 114 valence electrons. The monoisotopic (exact) mass is 326 g/mol. The van der Waals surface area contributed by atoms with Crippen LogP contribution in [-0.4, -0.2) is 22.6 Å². The zero-order valence-electron chi connectivity index (χ0n) is 12.1. The van der Waals surface area contributed by atoms with Crippen LogP contribution in [0.25, 0.3) is 0 Å². The molecule has 0 amide bonds. The topological polar surface area (TPSA) is 67.4 Å². The molecule has 1 aromatic heterocycles. The van der Waals surface area contributed by atoms with Gasteiger partial charge in [-0.2, -0.15) is 0 Å². The van der Waals surface area contributed by atoms with Crippen molar-refractivity contribution in [2.45, 2.75) is 17.7 Å². The van der Waals surface area contributed by atoms with Gasteiger partial charge in [-0.15, -0.1) is 11.3 Å². The fourth-order valence-electron chi connectivity index (χ4n) is 1.89. The van der Waals surface area contributed by atoms with Gasteiger partial charge < -0.3 is 10.1 Å². The molecule has 2 aromatic rings. The molecule has 0 saturated heterocycles. The Labute approximate surface area is 129 Å². The van der Waals surface area contributed by atoms with Gasteiger partial charge in [0.15, 0.2) is 0 Å². The Kier molecular flexibility index (Phi) is 4.87. The number of hydrogen-bond donors (Lipinski definition) is 2. The van der Waals surface area contributed by atoms with Crippen molar-refractivity contribution in [3.63, 3.8) is 0 Å². The summed E-state index contributed by atoms with van der Waals surface area (Å²) < 4.78 is 32.9. The molecule has 0 aliphatic rings. The summed E-state index contributed by atoms with van der Waals surface area (Å²) in [5.41, 5.74) is 2.34. The maximum atomic E-state index is 12.4. The molecule has 0 aliphatic heterocycles. The van der Waals surface area contributed by atoms with Gasteiger partial charge in [-0.3, -0.25) is 4.72 Å². The number of nitrogens with one attached hydrogen (secondary N) is 2. The van der Waals surface area contributed by atoms with Crippen LogP contribution in [0.5, 0.6) is 5.75 Å². The van der Waals surface area contributed by atoms with Crippen molar-refractivity contribution in [3.05, 3.63) is 40.8 Å². The van der Waals surface area contributed by atoms with E-state index >= 15 is 0 Å². The van der Waals surface area contributed by atoms with Crippen molar-refractivity contribution >= 4 is 27.0 Å². The van der Waals surface area contributed by atoms with Gasteiger partial charge in [-0.1, -0.05) is 6.07 Å². The Hall–Kier alpha value is -1.57. The van der Waals surface area contributed by atoms with Crippen molar-refractivity contribution in [2.75, 3.05) is 18.9 Å². The maximum Gasteiger partial charge on any atom is 0.271 e. The third kappa shape index (κ3) is 3.75. The second kappa shape index (κ2) is 6.46. The molecule has 0 unspecified atom stereocenters. The number of hydrogen-bond acceptors (Lipinski definition) is 5. The number of methoxy groups -OCH3 is 1. The first-order valence-corrected chi connectivity index (χ1v) is 8.72. The number of sulfonamides is 1. The van der Waals surface area contributed by atoms with E-state index in [4.69, 9.17) is 4.74 Å². The Balaban J connectivity index is 2.30. The largest absolute Gasteiger partial charge is 0.495 e. The van der Waals surface area contributed by atoms with E-state index in [1.807, 2.05) is 25.4 Å². The number of thiophene rings is 1. The van der Waals surface area contributed by atoms with Crippen LogP contribution in [0.1, 0.15) is 11.1 Å². The van der Waals surface area contributed by atoms with Crippen LogP contribution in [0.2, 0.25) is 0 Å². The summed E-state index contributed by atoms with van der Waals surface area (Å²) in [5, 5.41) is 4.83. The zero-order valence-corrected chi connectivity index (χ0v) is 13.8. The first-order chi connectivity index (χ1) is 9.96. The summed E-state index contributed by atoms with van der Waals surface area (Å²) in [5.74, 6) is 0.496. The third-order valence-corrected chi connectivity index (χ3v) is 5.73. The normalized spacial score (nSPS) is 11.4. The van der Waals surface area contributed by atoms with E-state index in [0.29, 0.717) is 18.0 Å². The minimum atomic E-state index is -3.60. The van der Waals surface area contributed by atoms with Crippen LogP contribution >= 0.6 is 11.3 Å². The van der Waals surface area contributed by atoms with E-state index in [2.05, 4.69) is 10.0 Å². The lowest BCUT2D eigenvalue weighted by Crippen LogP contribution is -2.12. The highest BCUT2D eigenvalue weighted by Gasteiger charge is 2.18. The molecule has 5 nitrogen and oxygen atoms in total. The molecule has 0 fully saturated rings. The summed E-state index contributed by atoms with van der Waals surface area (Å²) in [6.45, 7) is 2.53. The van der Waals surface area contributed by atoms with E-state index in [9.17, 15) is 8.42 Å². The fraction of sp³-hybridized carbons (Fsp3) is 0.286. The smallest absolute Gasteiger partial charge is 0.271 e. The van der Waals surface area contributed by atoms with E-state index in [1.54, 1.807) is 18.2 Å². The predicted molar refractivity (Wildman–Crippen MR) is 85.6 cm³/mol. The van der Waals surface area contributed by atoms with Gasteiger partial charge in [0.1, 0.15) is 9.96 Å². The van der Waals surface area contributed by atoms with Crippen molar-refractivity contribution in [1.29, 1.82) is 0 Å². The molecule has 1 heterocycles. The first kappa shape index (κ1) is 15.8. The second-order valence-corrected chi connectivity index (χ2v) is 7.43. The lowest BCUT2D eigenvalue weighted by Gasteiger charge is -2.11.